The summed E-state index contributed by atoms with van der Waals surface area (Å²) in [6, 6.07) is 16.6. The quantitative estimate of drug-likeness (QED) is 0.382. The summed E-state index contributed by atoms with van der Waals surface area (Å²) < 4.78 is 27.7. The van der Waals surface area contributed by atoms with Crippen molar-refractivity contribution >= 4 is 39.4 Å². The topological polar surface area (TPSA) is 78.8 Å². The number of aryl methyl sites for hydroxylation is 2. The van der Waals surface area contributed by atoms with Crippen LogP contribution in [0.15, 0.2) is 70.7 Å². The van der Waals surface area contributed by atoms with Crippen LogP contribution in [-0.2, 0) is 14.8 Å². The zero-order chi connectivity index (χ0) is 24.2. The van der Waals surface area contributed by atoms with Gasteiger partial charge in [-0.1, -0.05) is 41.4 Å². The second-order valence-corrected chi connectivity index (χ2v) is 10.1. The van der Waals surface area contributed by atoms with E-state index in [0.29, 0.717) is 10.7 Å². The van der Waals surface area contributed by atoms with Crippen LogP contribution >= 0.6 is 11.6 Å². The Morgan fingerprint density at radius 2 is 1.58 bits per heavy atom. The van der Waals surface area contributed by atoms with Gasteiger partial charge in [-0.3, -0.25) is 9.10 Å². The van der Waals surface area contributed by atoms with Crippen molar-refractivity contribution in [2.45, 2.75) is 32.6 Å². The Labute approximate surface area is 200 Å². The number of carbonyl (C=O) groups excluding carboxylic acids is 1. The molecule has 8 heteroatoms. The molecule has 0 aromatic heterocycles. The zero-order valence-electron chi connectivity index (χ0n) is 19.0. The Morgan fingerprint density at radius 1 is 0.939 bits per heavy atom. The van der Waals surface area contributed by atoms with E-state index in [-0.39, 0.29) is 4.90 Å². The van der Waals surface area contributed by atoms with Crippen molar-refractivity contribution < 1.29 is 13.2 Å². The average molecular weight is 484 g/mol. The van der Waals surface area contributed by atoms with Crippen LogP contribution in [0.1, 0.15) is 27.8 Å². The van der Waals surface area contributed by atoms with Crippen LogP contribution in [-0.4, -0.2) is 27.1 Å². The lowest BCUT2D eigenvalue weighted by Gasteiger charge is -2.23. The van der Waals surface area contributed by atoms with Gasteiger partial charge in [-0.05, 0) is 86.3 Å². The smallest absolute Gasteiger partial charge is 0.264 e. The molecule has 0 aliphatic heterocycles. The molecule has 6 nitrogen and oxygen atoms in total. The van der Waals surface area contributed by atoms with Gasteiger partial charge >= 0.3 is 0 Å². The molecule has 172 valence electrons. The second-order valence-electron chi connectivity index (χ2n) is 7.82. The fourth-order valence-corrected chi connectivity index (χ4v) is 4.76. The average Bonchev–Trinajstić information content (AvgIpc) is 2.78. The Morgan fingerprint density at radius 3 is 2.21 bits per heavy atom. The van der Waals surface area contributed by atoms with Crippen LogP contribution in [0.25, 0.3) is 0 Å². The van der Waals surface area contributed by atoms with Crippen LogP contribution < -0.4 is 9.73 Å². The molecule has 1 N–H and O–H groups in total. The van der Waals surface area contributed by atoms with Gasteiger partial charge in [-0.2, -0.15) is 5.10 Å². The van der Waals surface area contributed by atoms with Gasteiger partial charge in [0.15, 0.2) is 0 Å². The molecule has 0 radical (unpaired) electrons. The molecule has 3 rings (SSSR count). The van der Waals surface area contributed by atoms with Crippen molar-refractivity contribution in [2.24, 2.45) is 5.10 Å². The highest BCUT2D eigenvalue weighted by molar-refractivity contribution is 7.92. The molecule has 33 heavy (non-hydrogen) atoms. The minimum atomic E-state index is -4.00. The van der Waals surface area contributed by atoms with Crippen molar-refractivity contribution in [3.63, 3.8) is 0 Å². The number of hydrogen-bond donors (Lipinski definition) is 1. The normalized spacial score (nSPS) is 11.5. The monoisotopic (exact) mass is 483 g/mol. The van der Waals surface area contributed by atoms with Gasteiger partial charge in [0.1, 0.15) is 6.54 Å². The third kappa shape index (κ3) is 5.80. The Bertz CT molecular complexity index is 1290. The first-order valence-electron chi connectivity index (χ1n) is 10.3. The highest BCUT2D eigenvalue weighted by Crippen LogP contribution is 2.25. The number of hydrazone groups is 1. The SMILES string of the molecule is Cc1ccc(S(=O)(=O)N(CC(=O)N/N=C\c2ccc(C)c(C)c2C)c2ccc(Cl)cc2)cc1. The number of amides is 1. The lowest BCUT2D eigenvalue weighted by Crippen LogP contribution is -2.39. The zero-order valence-corrected chi connectivity index (χ0v) is 20.5. The highest BCUT2D eigenvalue weighted by Gasteiger charge is 2.27. The molecule has 0 heterocycles. The van der Waals surface area contributed by atoms with Crippen LogP contribution in [0.2, 0.25) is 5.02 Å². The number of nitrogens with zero attached hydrogens (tertiary/aromatic N) is 2. The van der Waals surface area contributed by atoms with Gasteiger partial charge in [-0.25, -0.2) is 13.8 Å². The Kier molecular flexibility index (Phi) is 7.56. The first-order chi connectivity index (χ1) is 15.6. The van der Waals surface area contributed by atoms with Crippen molar-refractivity contribution in [3.05, 3.63) is 93.5 Å². The standard InChI is InChI=1S/C25H26ClN3O3S/c1-17-5-13-24(14-6-17)33(31,32)29(23-11-9-22(26)10-12-23)16-25(30)28-27-15-21-8-7-18(2)19(3)20(21)4/h5-15H,16H2,1-4H3,(H,28,30)/b27-15-. The second kappa shape index (κ2) is 10.2. The van der Waals surface area contributed by atoms with Gasteiger partial charge in [0.05, 0.1) is 16.8 Å². The van der Waals surface area contributed by atoms with Gasteiger partial charge < -0.3 is 0 Å². The highest BCUT2D eigenvalue weighted by atomic mass is 35.5. The molecule has 3 aromatic carbocycles. The summed E-state index contributed by atoms with van der Waals surface area (Å²) in [5.41, 5.74) is 7.96. The van der Waals surface area contributed by atoms with E-state index in [0.717, 1.165) is 26.6 Å². The summed E-state index contributed by atoms with van der Waals surface area (Å²) in [6.07, 6.45) is 1.56. The lowest BCUT2D eigenvalue weighted by molar-refractivity contribution is -0.119. The summed E-state index contributed by atoms with van der Waals surface area (Å²) >= 11 is 5.96. The van der Waals surface area contributed by atoms with Gasteiger partial charge in [0.2, 0.25) is 0 Å². The number of halogens is 1. The molecule has 0 aliphatic carbocycles. The first-order valence-corrected chi connectivity index (χ1v) is 12.1. The predicted molar refractivity (Wildman–Crippen MR) is 134 cm³/mol. The molecule has 0 bridgehead atoms. The summed E-state index contributed by atoms with van der Waals surface area (Å²) in [7, 11) is -4.00. The number of nitrogens with one attached hydrogen (secondary N) is 1. The molecule has 0 saturated heterocycles. The minimum absolute atomic E-state index is 0.0881. The maximum absolute atomic E-state index is 13.3. The number of carbonyl (C=O) groups is 1. The fraction of sp³-hybridized carbons (Fsp3) is 0.200. The molecule has 3 aromatic rings. The van der Waals surface area contributed by atoms with Crippen molar-refractivity contribution in [3.8, 4) is 0 Å². The number of benzene rings is 3. The van der Waals surface area contributed by atoms with E-state index in [1.54, 1.807) is 42.6 Å². The summed E-state index contributed by atoms with van der Waals surface area (Å²) in [6.45, 7) is 7.48. The molecular weight excluding hydrogens is 458 g/mol. The molecule has 0 unspecified atom stereocenters. The Balaban J connectivity index is 1.84. The van der Waals surface area contributed by atoms with E-state index in [1.807, 2.05) is 39.8 Å². The van der Waals surface area contributed by atoms with E-state index >= 15 is 0 Å². The van der Waals surface area contributed by atoms with Crippen LogP contribution in [0.3, 0.4) is 0 Å². The molecule has 0 saturated carbocycles. The maximum Gasteiger partial charge on any atom is 0.264 e. The molecule has 0 aliphatic rings. The van der Waals surface area contributed by atoms with E-state index in [4.69, 9.17) is 11.6 Å². The number of rotatable bonds is 7. The molecule has 0 spiro atoms. The van der Waals surface area contributed by atoms with Crippen molar-refractivity contribution in [1.82, 2.24) is 5.43 Å². The van der Waals surface area contributed by atoms with Gasteiger partial charge in [0.25, 0.3) is 15.9 Å². The van der Waals surface area contributed by atoms with Gasteiger partial charge in [0, 0.05) is 5.02 Å². The Hall–Kier alpha value is -3.16. The molecular formula is C25H26ClN3O3S. The van der Waals surface area contributed by atoms with Gasteiger partial charge in [-0.15, -0.1) is 0 Å². The number of anilines is 1. The largest absolute Gasteiger partial charge is 0.271 e. The van der Waals surface area contributed by atoms with E-state index in [2.05, 4.69) is 10.5 Å². The number of hydrogen-bond acceptors (Lipinski definition) is 4. The van der Waals surface area contributed by atoms with E-state index in [1.165, 1.54) is 17.7 Å². The third-order valence-corrected chi connectivity index (χ3v) is 7.54. The van der Waals surface area contributed by atoms with Crippen molar-refractivity contribution in [2.75, 3.05) is 10.8 Å². The summed E-state index contributed by atoms with van der Waals surface area (Å²) in [5, 5.41) is 4.50. The van der Waals surface area contributed by atoms with E-state index in [9.17, 15) is 13.2 Å². The van der Waals surface area contributed by atoms with Crippen LogP contribution in [0, 0.1) is 27.7 Å². The molecule has 0 fully saturated rings. The maximum atomic E-state index is 13.3. The van der Waals surface area contributed by atoms with Crippen molar-refractivity contribution in [1.29, 1.82) is 0 Å². The van der Waals surface area contributed by atoms with Crippen LogP contribution in [0.5, 0.6) is 0 Å². The van der Waals surface area contributed by atoms with E-state index < -0.39 is 22.5 Å². The lowest BCUT2D eigenvalue weighted by atomic mass is 10.00. The fourth-order valence-electron chi connectivity index (χ4n) is 3.22. The van der Waals surface area contributed by atoms with Crippen LogP contribution in [0.4, 0.5) is 5.69 Å². The summed E-state index contributed by atoms with van der Waals surface area (Å²) in [4.78, 5) is 12.8. The summed E-state index contributed by atoms with van der Waals surface area (Å²) in [5.74, 6) is -0.571. The minimum Gasteiger partial charge on any atom is -0.271 e. The first kappa shape index (κ1) is 24.5. The molecule has 1 amide bonds. The third-order valence-electron chi connectivity index (χ3n) is 5.50. The predicted octanol–water partition coefficient (Wildman–Crippen LogP) is 4.92. The number of sulfonamides is 1. The molecule has 0 atom stereocenters.